The van der Waals surface area contributed by atoms with Crippen LogP contribution >= 0.6 is 0 Å². The van der Waals surface area contributed by atoms with E-state index in [9.17, 15) is 18.4 Å². The molecule has 2 aliphatic heterocycles. The molecule has 10 heteroatoms. The summed E-state index contributed by atoms with van der Waals surface area (Å²) in [6.07, 6.45) is 1.71. The van der Waals surface area contributed by atoms with Crippen LogP contribution in [0.1, 0.15) is 18.4 Å². The van der Waals surface area contributed by atoms with Gasteiger partial charge in [0.05, 0.1) is 18.1 Å². The van der Waals surface area contributed by atoms with E-state index in [1.807, 2.05) is 11.9 Å². The number of piperazine rings is 1. The zero-order valence-corrected chi connectivity index (χ0v) is 17.1. The number of aromatic nitrogens is 2. The highest BCUT2D eigenvalue weighted by molar-refractivity contribution is 5.89. The summed E-state index contributed by atoms with van der Waals surface area (Å²) in [5.74, 6) is -0.917. The van der Waals surface area contributed by atoms with E-state index in [-0.39, 0.29) is 24.4 Å². The first-order valence-corrected chi connectivity index (χ1v) is 10.3. The number of fused-ring (bicyclic) bond motifs is 3. The molecule has 2 aromatic rings. The Morgan fingerprint density at radius 1 is 1.23 bits per heavy atom. The van der Waals surface area contributed by atoms with Crippen LogP contribution in [0.5, 0.6) is 5.88 Å². The molecule has 1 saturated carbocycles. The first-order valence-electron chi connectivity index (χ1n) is 10.3. The minimum atomic E-state index is -0.954. The van der Waals surface area contributed by atoms with Crippen molar-refractivity contribution in [3.8, 4) is 5.88 Å². The Morgan fingerprint density at radius 2 is 2.03 bits per heavy atom. The maximum Gasteiger partial charge on any atom is 0.352 e. The summed E-state index contributed by atoms with van der Waals surface area (Å²) in [6, 6.07) is 5.20. The molecule has 0 radical (unpaired) electrons. The van der Waals surface area contributed by atoms with Crippen molar-refractivity contribution in [3.05, 3.63) is 51.9 Å². The molecule has 1 aromatic heterocycles. The van der Waals surface area contributed by atoms with Gasteiger partial charge in [-0.05, 0) is 37.6 Å². The van der Waals surface area contributed by atoms with Gasteiger partial charge in [-0.1, -0.05) is 6.07 Å². The summed E-state index contributed by atoms with van der Waals surface area (Å²) in [4.78, 5) is 33.4. The number of rotatable bonds is 5. The Kier molecular flexibility index (Phi) is 4.69. The average Bonchev–Trinajstić information content (AvgIpc) is 3.48. The van der Waals surface area contributed by atoms with E-state index in [1.54, 1.807) is 10.6 Å². The molecule has 1 N–H and O–H groups in total. The van der Waals surface area contributed by atoms with Gasteiger partial charge >= 0.3 is 5.69 Å². The second kappa shape index (κ2) is 7.30. The highest BCUT2D eigenvalue weighted by Crippen LogP contribution is 2.38. The Balaban J connectivity index is 1.30. The van der Waals surface area contributed by atoms with Crippen LogP contribution in [0.4, 0.5) is 14.6 Å². The van der Waals surface area contributed by atoms with Crippen molar-refractivity contribution in [1.29, 1.82) is 0 Å². The normalized spacial score (nSPS) is 20.9. The van der Waals surface area contributed by atoms with Gasteiger partial charge in [-0.2, -0.15) is 4.98 Å². The highest BCUT2D eigenvalue weighted by atomic mass is 19.2. The van der Waals surface area contributed by atoms with E-state index in [1.165, 1.54) is 6.07 Å². The third kappa shape index (κ3) is 3.44. The van der Waals surface area contributed by atoms with E-state index in [0.717, 1.165) is 25.0 Å². The van der Waals surface area contributed by atoms with E-state index in [4.69, 9.17) is 4.74 Å². The van der Waals surface area contributed by atoms with Crippen LogP contribution in [-0.2, 0) is 17.9 Å². The van der Waals surface area contributed by atoms with Crippen molar-refractivity contribution < 1.29 is 18.3 Å². The van der Waals surface area contributed by atoms with Gasteiger partial charge in [-0.3, -0.25) is 9.36 Å². The molecule has 0 bridgehead atoms. The lowest BCUT2D eigenvalue weighted by Crippen LogP contribution is -2.58. The molecule has 1 aliphatic carbocycles. The zero-order chi connectivity index (χ0) is 21.8. The third-order valence-electron chi connectivity index (χ3n) is 6.43. The Labute approximate surface area is 177 Å². The second-order valence-electron chi connectivity index (χ2n) is 8.31. The summed E-state index contributed by atoms with van der Waals surface area (Å²) in [7, 11) is 1.82. The Morgan fingerprint density at radius 3 is 2.74 bits per heavy atom. The van der Waals surface area contributed by atoms with Crippen LogP contribution in [-0.4, -0.2) is 58.6 Å². The fourth-order valence-electron chi connectivity index (χ4n) is 4.45. The molecule has 164 valence electrons. The maximum atomic E-state index is 13.4. The number of likely N-dealkylation sites (N-methyl/N-ethyl adjacent to an activating group) is 1. The van der Waals surface area contributed by atoms with Gasteiger partial charge in [0.2, 0.25) is 11.8 Å². The summed E-state index contributed by atoms with van der Waals surface area (Å²) in [5.41, 5.74) is -0.406. The van der Waals surface area contributed by atoms with Crippen LogP contribution in [0, 0.1) is 11.6 Å². The number of hydrogen-bond donors (Lipinski definition) is 1. The summed E-state index contributed by atoms with van der Waals surface area (Å²) in [5, 5.41) is 3.15. The lowest BCUT2D eigenvalue weighted by atomic mass is 10.1. The molecule has 1 amide bonds. The van der Waals surface area contributed by atoms with Gasteiger partial charge in [0, 0.05) is 25.7 Å². The molecule has 2 fully saturated rings. The fourth-order valence-corrected chi connectivity index (χ4v) is 4.45. The topological polar surface area (TPSA) is 79.7 Å². The minimum Gasteiger partial charge on any atom is -0.473 e. The molecule has 1 unspecified atom stereocenters. The van der Waals surface area contributed by atoms with Crippen molar-refractivity contribution >= 4 is 11.7 Å². The number of nitrogens with one attached hydrogen (secondary N) is 1. The predicted octanol–water partition coefficient (Wildman–Crippen LogP) is 0.883. The lowest BCUT2D eigenvalue weighted by molar-refractivity contribution is -0.135. The SMILES string of the molecule is CNC1(C(=O)N2CCN3c4cc(OCc5ccc(F)c(F)c5)nc(=O)n4CC3C2)CC1. The van der Waals surface area contributed by atoms with Gasteiger partial charge in [-0.15, -0.1) is 0 Å². The number of hydrogen-bond acceptors (Lipinski definition) is 6. The zero-order valence-electron chi connectivity index (χ0n) is 17.1. The predicted molar refractivity (Wildman–Crippen MR) is 108 cm³/mol. The molecule has 0 spiro atoms. The number of ether oxygens (including phenoxy) is 1. The molecule has 31 heavy (non-hydrogen) atoms. The monoisotopic (exact) mass is 431 g/mol. The number of carbonyl (C=O) groups is 1. The van der Waals surface area contributed by atoms with Crippen molar-refractivity contribution in [3.63, 3.8) is 0 Å². The quantitative estimate of drug-likeness (QED) is 0.758. The number of benzene rings is 1. The standard InChI is InChI=1S/C21H23F2N5O3/c1-24-21(4-5-21)19(29)26-6-7-27-14(10-26)11-28-18(27)9-17(25-20(28)30)31-12-13-2-3-15(22)16(23)8-13/h2-3,8-9,14,24H,4-7,10-12H2,1H3. The lowest BCUT2D eigenvalue weighted by Gasteiger charge is -2.39. The van der Waals surface area contributed by atoms with Crippen molar-refractivity contribution in [2.24, 2.45) is 0 Å². The van der Waals surface area contributed by atoms with Crippen LogP contribution in [0.3, 0.4) is 0 Å². The smallest absolute Gasteiger partial charge is 0.352 e. The minimum absolute atomic E-state index is 0.00120. The largest absolute Gasteiger partial charge is 0.473 e. The van der Waals surface area contributed by atoms with Crippen LogP contribution in [0.2, 0.25) is 0 Å². The third-order valence-corrected chi connectivity index (χ3v) is 6.43. The highest BCUT2D eigenvalue weighted by Gasteiger charge is 2.51. The van der Waals surface area contributed by atoms with Gasteiger partial charge in [-0.25, -0.2) is 13.6 Å². The molecular weight excluding hydrogens is 408 g/mol. The molecular formula is C21H23F2N5O3. The first kappa shape index (κ1) is 19.9. The average molecular weight is 431 g/mol. The molecule has 1 atom stereocenters. The van der Waals surface area contributed by atoms with Gasteiger partial charge < -0.3 is 19.9 Å². The fraction of sp³-hybridized carbons (Fsp3) is 0.476. The van der Waals surface area contributed by atoms with E-state index < -0.39 is 22.9 Å². The van der Waals surface area contributed by atoms with E-state index in [2.05, 4.69) is 15.2 Å². The number of carbonyl (C=O) groups excluding carboxylic acids is 1. The number of nitrogens with zero attached hydrogens (tertiary/aromatic N) is 4. The van der Waals surface area contributed by atoms with E-state index in [0.29, 0.717) is 37.6 Å². The van der Waals surface area contributed by atoms with Gasteiger partial charge in [0.25, 0.3) is 0 Å². The molecule has 1 aromatic carbocycles. The molecule has 5 rings (SSSR count). The van der Waals surface area contributed by atoms with Crippen LogP contribution < -0.4 is 20.6 Å². The second-order valence-corrected chi connectivity index (χ2v) is 8.31. The molecule has 1 saturated heterocycles. The maximum absolute atomic E-state index is 13.4. The first-order chi connectivity index (χ1) is 14.9. The van der Waals surface area contributed by atoms with Crippen LogP contribution in [0.15, 0.2) is 29.1 Å². The van der Waals surface area contributed by atoms with Gasteiger partial charge in [0.1, 0.15) is 12.4 Å². The summed E-state index contributed by atoms with van der Waals surface area (Å²) < 4.78 is 33.6. The van der Waals surface area contributed by atoms with E-state index >= 15 is 0 Å². The van der Waals surface area contributed by atoms with Crippen LogP contribution in [0.25, 0.3) is 0 Å². The summed E-state index contributed by atoms with van der Waals surface area (Å²) in [6.45, 7) is 2.17. The summed E-state index contributed by atoms with van der Waals surface area (Å²) >= 11 is 0. The number of amides is 1. The Bertz CT molecular complexity index is 1100. The molecule has 3 heterocycles. The Hall–Kier alpha value is -3.01. The van der Waals surface area contributed by atoms with Crippen molar-refractivity contribution in [2.45, 2.75) is 37.6 Å². The van der Waals surface area contributed by atoms with Gasteiger partial charge in [0.15, 0.2) is 11.6 Å². The number of halogens is 2. The van der Waals surface area contributed by atoms with Crippen molar-refractivity contribution in [2.75, 3.05) is 31.6 Å². The van der Waals surface area contributed by atoms with Crippen molar-refractivity contribution in [1.82, 2.24) is 19.8 Å². The molecule has 3 aliphatic rings. The molecule has 8 nitrogen and oxygen atoms in total. The number of anilines is 1.